The van der Waals surface area contributed by atoms with Crippen LogP contribution >= 0.6 is 35.6 Å². The van der Waals surface area contributed by atoms with Gasteiger partial charge in [0.05, 0.1) is 0 Å². The topological polar surface area (TPSA) is 26.0 Å². The highest BCUT2D eigenvalue weighted by atomic mass is 35.5. The first-order valence-electron chi connectivity index (χ1n) is 4.69. The van der Waals surface area contributed by atoms with Crippen LogP contribution in [0.15, 0.2) is 30.3 Å². The third kappa shape index (κ3) is 4.20. The summed E-state index contributed by atoms with van der Waals surface area (Å²) in [7, 11) is 0. The molecule has 2 N–H and O–H groups in total. The third-order valence-electron chi connectivity index (χ3n) is 2.43. The standard InChI is InChI=1S/C11H15Cl2N.ClH/c12-8-6-11(14,7-9-13)10-4-2-1-3-5-10;/h1-5H,6-9,14H2;1H. The lowest BCUT2D eigenvalue weighted by Gasteiger charge is -2.28. The summed E-state index contributed by atoms with van der Waals surface area (Å²) < 4.78 is 0. The lowest BCUT2D eigenvalue weighted by molar-refractivity contribution is 0.417. The number of nitrogens with two attached hydrogens (primary N) is 1. The quantitative estimate of drug-likeness (QED) is 0.813. The number of hydrogen-bond donors (Lipinski definition) is 1. The fraction of sp³-hybridized carbons (Fsp3) is 0.455. The van der Waals surface area contributed by atoms with Gasteiger partial charge in [0.15, 0.2) is 0 Å². The second-order valence-corrected chi connectivity index (χ2v) is 4.16. The maximum absolute atomic E-state index is 6.27. The molecule has 1 aromatic carbocycles. The first-order chi connectivity index (χ1) is 6.73. The molecule has 4 heteroatoms. The van der Waals surface area contributed by atoms with E-state index < -0.39 is 0 Å². The van der Waals surface area contributed by atoms with Crippen LogP contribution in [0.4, 0.5) is 0 Å². The van der Waals surface area contributed by atoms with Crippen molar-refractivity contribution < 1.29 is 0 Å². The molecule has 0 bridgehead atoms. The van der Waals surface area contributed by atoms with E-state index in [0.717, 1.165) is 18.4 Å². The van der Waals surface area contributed by atoms with E-state index in [0.29, 0.717) is 11.8 Å². The molecule has 0 amide bonds. The van der Waals surface area contributed by atoms with Crippen LogP contribution in [0, 0.1) is 0 Å². The van der Waals surface area contributed by atoms with Gasteiger partial charge in [0.1, 0.15) is 0 Å². The highest BCUT2D eigenvalue weighted by Crippen LogP contribution is 2.26. The zero-order chi connectivity index (χ0) is 10.4. The van der Waals surface area contributed by atoms with E-state index in [4.69, 9.17) is 28.9 Å². The molecule has 0 saturated heterocycles. The molecular formula is C11H16Cl3N. The minimum Gasteiger partial charge on any atom is -0.321 e. The average Bonchev–Trinajstić information content (AvgIpc) is 2.20. The van der Waals surface area contributed by atoms with Crippen molar-refractivity contribution in [1.82, 2.24) is 0 Å². The van der Waals surface area contributed by atoms with Crippen molar-refractivity contribution in [2.75, 3.05) is 11.8 Å². The van der Waals surface area contributed by atoms with Crippen LogP contribution < -0.4 is 5.73 Å². The van der Waals surface area contributed by atoms with Crippen LogP contribution in [0.25, 0.3) is 0 Å². The van der Waals surface area contributed by atoms with E-state index in [-0.39, 0.29) is 17.9 Å². The molecule has 0 aliphatic carbocycles. The van der Waals surface area contributed by atoms with Crippen LogP contribution in [-0.4, -0.2) is 11.8 Å². The van der Waals surface area contributed by atoms with Crippen LogP contribution in [-0.2, 0) is 5.54 Å². The van der Waals surface area contributed by atoms with Gasteiger partial charge in [-0.05, 0) is 18.4 Å². The van der Waals surface area contributed by atoms with Gasteiger partial charge < -0.3 is 5.73 Å². The Morgan fingerprint density at radius 2 is 1.47 bits per heavy atom. The van der Waals surface area contributed by atoms with E-state index in [2.05, 4.69) is 0 Å². The molecule has 0 heterocycles. The maximum atomic E-state index is 6.27. The Morgan fingerprint density at radius 3 is 1.87 bits per heavy atom. The van der Waals surface area contributed by atoms with Crippen LogP contribution in [0.5, 0.6) is 0 Å². The molecule has 0 unspecified atom stereocenters. The van der Waals surface area contributed by atoms with E-state index in [1.165, 1.54) is 0 Å². The summed E-state index contributed by atoms with van der Waals surface area (Å²) in [5.41, 5.74) is 7.01. The SMILES string of the molecule is Cl.NC(CCCl)(CCCl)c1ccccc1. The Hall–Kier alpha value is 0.0500. The van der Waals surface area contributed by atoms with Crippen LogP contribution in [0.2, 0.25) is 0 Å². The van der Waals surface area contributed by atoms with Gasteiger partial charge in [-0.2, -0.15) is 0 Å². The minimum absolute atomic E-state index is 0. The third-order valence-corrected chi connectivity index (χ3v) is 2.81. The molecule has 1 aromatic rings. The van der Waals surface area contributed by atoms with Crippen molar-refractivity contribution in [3.8, 4) is 0 Å². The number of halogens is 3. The molecular weight excluding hydrogens is 252 g/mol. The summed E-state index contributed by atoms with van der Waals surface area (Å²) in [5, 5.41) is 0. The van der Waals surface area contributed by atoms with E-state index in [1.54, 1.807) is 0 Å². The van der Waals surface area contributed by atoms with Crippen molar-refractivity contribution in [2.45, 2.75) is 18.4 Å². The zero-order valence-electron chi connectivity index (χ0n) is 8.46. The Bertz CT molecular complexity index is 258. The molecule has 0 aliphatic rings. The molecule has 0 atom stereocenters. The Kier molecular flexibility index (Phi) is 7.37. The number of rotatable bonds is 5. The van der Waals surface area contributed by atoms with E-state index in [9.17, 15) is 0 Å². The van der Waals surface area contributed by atoms with Crippen LogP contribution in [0.3, 0.4) is 0 Å². The normalized spacial score (nSPS) is 10.9. The van der Waals surface area contributed by atoms with Crippen LogP contribution in [0.1, 0.15) is 18.4 Å². The summed E-state index contributed by atoms with van der Waals surface area (Å²) in [5.74, 6) is 1.12. The van der Waals surface area contributed by atoms with Crippen molar-refractivity contribution in [3.63, 3.8) is 0 Å². The molecule has 0 fully saturated rings. The second kappa shape index (κ2) is 7.34. The van der Waals surface area contributed by atoms with Gasteiger partial charge in [0.2, 0.25) is 0 Å². The van der Waals surface area contributed by atoms with Gasteiger partial charge in [0.25, 0.3) is 0 Å². The van der Waals surface area contributed by atoms with Gasteiger partial charge >= 0.3 is 0 Å². The lowest BCUT2D eigenvalue weighted by Crippen LogP contribution is -2.37. The zero-order valence-corrected chi connectivity index (χ0v) is 10.8. The second-order valence-electron chi connectivity index (χ2n) is 3.40. The number of benzene rings is 1. The molecule has 0 aliphatic heterocycles. The Balaban J connectivity index is 0.00000196. The summed E-state index contributed by atoms with van der Waals surface area (Å²) in [4.78, 5) is 0. The maximum Gasteiger partial charge on any atom is 0.0432 e. The summed E-state index contributed by atoms with van der Waals surface area (Å²) in [6.07, 6.45) is 1.51. The molecule has 1 rings (SSSR count). The smallest absolute Gasteiger partial charge is 0.0432 e. The largest absolute Gasteiger partial charge is 0.321 e. The molecule has 0 spiro atoms. The molecule has 0 radical (unpaired) electrons. The van der Waals surface area contributed by atoms with Gasteiger partial charge in [0, 0.05) is 17.3 Å². The molecule has 86 valence electrons. The first-order valence-corrected chi connectivity index (χ1v) is 5.76. The van der Waals surface area contributed by atoms with Crippen molar-refractivity contribution >= 4 is 35.6 Å². The minimum atomic E-state index is -0.370. The van der Waals surface area contributed by atoms with Gasteiger partial charge in [-0.25, -0.2) is 0 Å². The number of alkyl halides is 2. The monoisotopic (exact) mass is 267 g/mol. The summed E-state index contributed by atoms with van der Waals surface area (Å²) in [6, 6.07) is 10.0. The van der Waals surface area contributed by atoms with E-state index >= 15 is 0 Å². The van der Waals surface area contributed by atoms with Crippen molar-refractivity contribution in [3.05, 3.63) is 35.9 Å². The Labute approximate surface area is 107 Å². The van der Waals surface area contributed by atoms with Crippen molar-refractivity contribution in [2.24, 2.45) is 5.73 Å². The fourth-order valence-corrected chi connectivity index (χ4v) is 2.20. The summed E-state index contributed by atoms with van der Waals surface area (Å²) in [6.45, 7) is 0. The molecule has 0 aromatic heterocycles. The average molecular weight is 269 g/mol. The lowest BCUT2D eigenvalue weighted by atomic mass is 9.86. The van der Waals surface area contributed by atoms with Crippen molar-refractivity contribution in [1.29, 1.82) is 0 Å². The number of hydrogen-bond acceptors (Lipinski definition) is 1. The van der Waals surface area contributed by atoms with Gasteiger partial charge in [-0.15, -0.1) is 35.6 Å². The first kappa shape index (κ1) is 15.0. The van der Waals surface area contributed by atoms with Gasteiger partial charge in [-0.1, -0.05) is 30.3 Å². The highest BCUT2D eigenvalue weighted by molar-refractivity contribution is 6.18. The predicted molar refractivity (Wildman–Crippen MR) is 70.2 cm³/mol. The molecule has 0 saturated carbocycles. The molecule has 1 nitrogen and oxygen atoms in total. The van der Waals surface area contributed by atoms with Gasteiger partial charge in [-0.3, -0.25) is 0 Å². The fourth-order valence-electron chi connectivity index (χ4n) is 1.52. The van der Waals surface area contributed by atoms with E-state index in [1.807, 2.05) is 30.3 Å². The highest BCUT2D eigenvalue weighted by Gasteiger charge is 2.25. The predicted octanol–water partition coefficient (Wildman–Crippen LogP) is 3.52. The molecule has 15 heavy (non-hydrogen) atoms. The Morgan fingerprint density at radius 1 is 1.00 bits per heavy atom. The summed E-state index contributed by atoms with van der Waals surface area (Å²) >= 11 is 11.5.